The maximum absolute atomic E-state index is 11.8. The van der Waals surface area contributed by atoms with Crippen molar-refractivity contribution in [2.75, 3.05) is 0 Å². The van der Waals surface area contributed by atoms with Gasteiger partial charge in [0.1, 0.15) is 12.7 Å². The number of imidazole rings is 2. The first-order valence-corrected chi connectivity index (χ1v) is 6.61. The van der Waals surface area contributed by atoms with Crippen LogP contribution in [-0.4, -0.2) is 53.0 Å². The number of amides is 4. The predicted octanol–water partition coefficient (Wildman–Crippen LogP) is -1.10. The van der Waals surface area contributed by atoms with Gasteiger partial charge in [0.2, 0.25) is 11.8 Å². The van der Waals surface area contributed by atoms with E-state index in [0.29, 0.717) is 10.0 Å². The Kier molecular flexibility index (Phi) is 5.13. The van der Waals surface area contributed by atoms with Gasteiger partial charge in [0.25, 0.3) is 0 Å². The van der Waals surface area contributed by atoms with Crippen molar-refractivity contribution in [3.8, 4) is 0 Å². The highest BCUT2D eigenvalue weighted by Crippen LogP contribution is 2.01. The molecule has 12 heteroatoms. The average Bonchev–Trinajstić information content (AvgIpc) is 3.29. The van der Waals surface area contributed by atoms with Crippen molar-refractivity contribution in [1.29, 1.82) is 0 Å². The van der Waals surface area contributed by atoms with Gasteiger partial charge in [0, 0.05) is 37.6 Å². The van der Waals surface area contributed by atoms with Crippen LogP contribution < -0.4 is 11.7 Å². The van der Waals surface area contributed by atoms with Crippen molar-refractivity contribution >= 4 is 23.9 Å². The van der Waals surface area contributed by atoms with E-state index in [2.05, 4.69) is 9.97 Å². The number of aromatic nitrogens is 4. The molecule has 0 unspecified atom stereocenters. The Morgan fingerprint density at radius 2 is 1.17 bits per heavy atom. The molecular formula is C12H14N8O4. The second-order valence-corrected chi connectivity index (χ2v) is 4.53. The van der Waals surface area contributed by atoms with Gasteiger partial charge in [-0.05, 0) is 0 Å². The molecule has 4 N–H and O–H groups in total. The first-order chi connectivity index (χ1) is 11.4. The lowest BCUT2D eigenvalue weighted by molar-refractivity contribution is -0.134. The summed E-state index contributed by atoms with van der Waals surface area (Å²) >= 11 is 0. The van der Waals surface area contributed by atoms with E-state index in [1.807, 2.05) is 0 Å². The zero-order valence-electron chi connectivity index (χ0n) is 12.3. The summed E-state index contributed by atoms with van der Waals surface area (Å²) in [7, 11) is 0. The molecule has 0 aromatic carbocycles. The van der Waals surface area contributed by atoms with Gasteiger partial charge in [-0.15, -0.1) is 0 Å². The van der Waals surface area contributed by atoms with Crippen LogP contribution in [0, 0.1) is 0 Å². The monoisotopic (exact) mass is 334 g/mol. The first-order valence-electron chi connectivity index (χ1n) is 6.61. The van der Waals surface area contributed by atoms with Gasteiger partial charge in [-0.1, -0.05) is 0 Å². The summed E-state index contributed by atoms with van der Waals surface area (Å²) in [4.78, 5) is 54.6. The Balaban J connectivity index is 1.87. The fraction of sp³-hybridized carbons (Fsp3) is 0.167. The summed E-state index contributed by atoms with van der Waals surface area (Å²) in [5, 5.41) is 0.709. The minimum absolute atomic E-state index is 0.355. The van der Waals surface area contributed by atoms with Crippen molar-refractivity contribution in [2.24, 2.45) is 11.7 Å². The van der Waals surface area contributed by atoms with E-state index in [4.69, 9.17) is 11.7 Å². The number of nitrogens with two attached hydrogens (primary N) is 2. The molecule has 0 aliphatic carbocycles. The van der Waals surface area contributed by atoms with E-state index >= 15 is 0 Å². The molecule has 126 valence electrons. The summed E-state index contributed by atoms with van der Waals surface area (Å²) in [5.41, 5.74) is 0. The minimum atomic E-state index is -0.830. The smallest absolute Gasteiger partial charge is 0.273 e. The highest BCUT2D eigenvalue weighted by atomic mass is 16.2. The lowest BCUT2D eigenvalue weighted by atomic mass is 10.2. The van der Waals surface area contributed by atoms with Gasteiger partial charge in [-0.2, -0.15) is 10.0 Å². The van der Waals surface area contributed by atoms with E-state index in [0.717, 1.165) is 9.13 Å². The second-order valence-electron chi connectivity index (χ2n) is 4.53. The molecular weight excluding hydrogens is 320 g/mol. The number of hydrazine groups is 2. The lowest BCUT2D eigenvalue weighted by Crippen LogP contribution is -2.47. The van der Waals surface area contributed by atoms with Gasteiger partial charge in [0.15, 0.2) is 0 Å². The molecule has 12 nitrogen and oxygen atoms in total. The molecule has 0 saturated carbocycles. The number of rotatable bonds is 3. The largest absolute Gasteiger partial charge is 0.350 e. The Labute approximate surface area is 135 Å². The number of carbonyl (C=O) groups excluding carboxylic acids is 4. The third-order valence-electron chi connectivity index (χ3n) is 2.95. The van der Waals surface area contributed by atoms with Crippen LogP contribution in [0.3, 0.4) is 0 Å². The lowest BCUT2D eigenvalue weighted by Gasteiger charge is -2.16. The van der Waals surface area contributed by atoms with Crippen LogP contribution >= 0.6 is 0 Å². The number of hydrogen-bond donors (Lipinski definition) is 2. The van der Waals surface area contributed by atoms with Crippen LogP contribution in [0.4, 0.5) is 9.59 Å². The summed E-state index contributed by atoms with van der Waals surface area (Å²) in [6.45, 7) is 0. The highest BCUT2D eigenvalue weighted by molar-refractivity contribution is 5.98. The van der Waals surface area contributed by atoms with E-state index < -0.39 is 36.7 Å². The van der Waals surface area contributed by atoms with E-state index in [1.165, 1.54) is 37.4 Å². The molecule has 0 saturated heterocycles. The summed E-state index contributed by atoms with van der Waals surface area (Å²) in [5.74, 6) is 9.17. The topological polar surface area (TPSA) is 162 Å². The molecule has 0 spiro atoms. The molecule has 24 heavy (non-hydrogen) atoms. The quantitative estimate of drug-likeness (QED) is 0.406. The molecule has 4 amide bonds. The Morgan fingerprint density at radius 3 is 1.46 bits per heavy atom. The third-order valence-corrected chi connectivity index (χ3v) is 2.95. The maximum Gasteiger partial charge on any atom is 0.350 e. The average molecular weight is 334 g/mol. The molecule has 2 heterocycles. The third kappa shape index (κ3) is 3.68. The van der Waals surface area contributed by atoms with E-state index in [-0.39, 0.29) is 0 Å². The van der Waals surface area contributed by atoms with Gasteiger partial charge in [-0.3, -0.25) is 18.7 Å². The maximum atomic E-state index is 11.8. The molecule has 0 aliphatic rings. The molecule has 0 bridgehead atoms. The van der Waals surface area contributed by atoms with Gasteiger partial charge in [-0.25, -0.2) is 31.2 Å². The van der Waals surface area contributed by atoms with Crippen molar-refractivity contribution < 1.29 is 19.2 Å². The molecule has 0 radical (unpaired) electrons. The van der Waals surface area contributed by atoms with Crippen LogP contribution in [0.25, 0.3) is 0 Å². The van der Waals surface area contributed by atoms with Crippen molar-refractivity contribution in [3.63, 3.8) is 0 Å². The summed E-state index contributed by atoms with van der Waals surface area (Å²) < 4.78 is 2.00. The van der Waals surface area contributed by atoms with E-state index in [9.17, 15) is 19.2 Å². The first kappa shape index (κ1) is 17.0. The van der Waals surface area contributed by atoms with Crippen LogP contribution in [0.5, 0.6) is 0 Å². The van der Waals surface area contributed by atoms with Gasteiger partial charge in [0.05, 0.1) is 0 Å². The number of hydrogen-bond acceptors (Lipinski definition) is 8. The zero-order chi connectivity index (χ0) is 17.7. The molecule has 0 fully saturated rings. The Hall–Kier alpha value is -3.38. The molecule has 0 atom stereocenters. The van der Waals surface area contributed by atoms with Crippen molar-refractivity contribution in [1.82, 2.24) is 29.1 Å². The standard InChI is InChI=1S/C12H14N8O4/c13-19(11(23)17-5-3-15-7-17)9(21)1-2-10(22)20(14)12(24)18-6-4-16-8-18/h3-8H,1-2,13-14H2. The molecule has 0 aliphatic heterocycles. The van der Waals surface area contributed by atoms with Crippen LogP contribution in [-0.2, 0) is 9.59 Å². The van der Waals surface area contributed by atoms with Gasteiger partial charge >= 0.3 is 12.1 Å². The van der Waals surface area contributed by atoms with E-state index in [1.54, 1.807) is 0 Å². The van der Waals surface area contributed by atoms with Crippen LogP contribution in [0.15, 0.2) is 37.4 Å². The minimum Gasteiger partial charge on any atom is -0.273 e. The van der Waals surface area contributed by atoms with Crippen LogP contribution in [0.2, 0.25) is 0 Å². The Morgan fingerprint density at radius 1 is 0.792 bits per heavy atom. The predicted molar refractivity (Wildman–Crippen MR) is 77.3 cm³/mol. The Bertz CT molecular complexity index is 675. The zero-order valence-corrected chi connectivity index (χ0v) is 12.3. The molecule has 2 aromatic rings. The normalized spacial score (nSPS) is 10.2. The fourth-order valence-corrected chi connectivity index (χ4v) is 1.66. The van der Waals surface area contributed by atoms with Crippen molar-refractivity contribution in [2.45, 2.75) is 12.8 Å². The molecule has 2 aromatic heterocycles. The highest BCUT2D eigenvalue weighted by Gasteiger charge is 2.23. The van der Waals surface area contributed by atoms with Gasteiger partial charge < -0.3 is 0 Å². The SMILES string of the molecule is NN(C(=O)CCC(=O)N(N)C(=O)n1ccnc1)C(=O)n1ccnc1. The van der Waals surface area contributed by atoms with Crippen molar-refractivity contribution in [3.05, 3.63) is 37.4 Å². The summed E-state index contributed by atoms with van der Waals surface area (Å²) in [6.07, 6.45) is 6.85. The number of imide groups is 2. The second kappa shape index (κ2) is 7.26. The number of nitrogens with zero attached hydrogens (tertiary/aromatic N) is 6. The molecule has 2 rings (SSSR count). The number of carbonyl (C=O) groups is 4. The fourth-order valence-electron chi connectivity index (χ4n) is 1.66. The summed E-state index contributed by atoms with van der Waals surface area (Å²) in [6, 6.07) is -1.66. The van der Waals surface area contributed by atoms with Crippen LogP contribution in [0.1, 0.15) is 12.8 Å².